The minimum Gasteiger partial charge on any atom is -0.327 e. The van der Waals surface area contributed by atoms with Crippen molar-refractivity contribution in [3.63, 3.8) is 0 Å². The molecule has 0 spiro atoms. The lowest BCUT2D eigenvalue weighted by molar-refractivity contribution is 0.670. The maximum absolute atomic E-state index is 6.25. The van der Waals surface area contributed by atoms with Crippen molar-refractivity contribution in [2.75, 3.05) is 0 Å². The van der Waals surface area contributed by atoms with E-state index in [4.69, 9.17) is 5.73 Å². The molecule has 1 aromatic carbocycles. The highest BCUT2D eigenvalue weighted by Crippen LogP contribution is 2.23. The van der Waals surface area contributed by atoms with Gasteiger partial charge in [-0.1, -0.05) is 24.3 Å². The molecule has 0 saturated carbocycles. The molecule has 2 aromatic rings. The number of nitrogens with two attached hydrogens (primary N) is 1. The quantitative estimate of drug-likeness (QED) is 0.893. The molecule has 18 heavy (non-hydrogen) atoms. The van der Waals surface area contributed by atoms with Crippen LogP contribution in [0.1, 0.15) is 28.0 Å². The van der Waals surface area contributed by atoms with Crippen molar-refractivity contribution in [2.24, 2.45) is 5.73 Å². The van der Waals surface area contributed by atoms with Crippen LogP contribution in [0.2, 0.25) is 0 Å². The lowest BCUT2D eigenvalue weighted by atomic mass is 9.99. The highest BCUT2D eigenvalue weighted by atomic mass is 32.1. The van der Waals surface area contributed by atoms with Gasteiger partial charge in [0.15, 0.2) is 0 Å². The van der Waals surface area contributed by atoms with Crippen LogP contribution in [0, 0.1) is 0 Å². The summed E-state index contributed by atoms with van der Waals surface area (Å²) in [5, 5.41) is 2.12. The zero-order chi connectivity index (χ0) is 12.4. The van der Waals surface area contributed by atoms with Gasteiger partial charge in [-0.15, -0.1) is 11.3 Å². The number of hydrogen-bond acceptors (Lipinski definition) is 2. The van der Waals surface area contributed by atoms with E-state index in [9.17, 15) is 0 Å². The van der Waals surface area contributed by atoms with E-state index in [1.165, 1.54) is 29.7 Å². The Bertz CT molecular complexity index is 516. The Morgan fingerprint density at radius 1 is 1.11 bits per heavy atom. The molecule has 94 valence electrons. The number of fused-ring (bicyclic) bond motifs is 1. The molecule has 1 nitrogen and oxygen atoms in total. The molecule has 1 aliphatic rings. The molecule has 0 aliphatic heterocycles. The van der Waals surface area contributed by atoms with Gasteiger partial charge >= 0.3 is 0 Å². The third-order valence-corrected chi connectivity index (χ3v) is 4.60. The molecule has 1 unspecified atom stereocenters. The maximum Gasteiger partial charge on any atom is 0.0128 e. The molecular weight excluding hydrogens is 238 g/mol. The molecule has 0 amide bonds. The third kappa shape index (κ3) is 2.65. The van der Waals surface area contributed by atoms with E-state index in [0.29, 0.717) is 0 Å². The molecule has 2 heteroatoms. The van der Waals surface area contributed by atoms with Crippen molar-refractivity contribution >= 4 is 11.3 Å². The first-order valence-corrected chi connectivity index (χ1v) is 7.58. The fourth-order valence-corrected chi connectivity index (χ4v) is 3.61. The molecule has 0 fully saturated rings. The van der Waals surface area contributed by atoms with Gasteiger partial charge in [0, 0.05) is 10.9 Å². The number of hydrogen-bond donors (Lipinski definition) is 1. The summed E-state index contributed by atoms with van der Waals surface area (Å²) < 4.78 is 0. The van der Waals surface area contributed by atoms with Crippen molar-refractivity contribution in [1.82, 2.24) is 0 Å². The molecule has 0 saturated heterocycles. The topological polar surface area (TPSA) is 26.0 Å². The van der Waals surface area contributed by atoms with Crippen LogP contribution in [-0.4, -0.2) is 6.04 Å². The minimum atomic E-state index is 0.239. The fourth-order valence-electron chi connectivity index (χ4n) is 2.81. The highest BCUT2D eigenvalue weighted by Gasteiger charge is 2.12. The average molecular weight is 257 g/mol. The van der Waals surface area contributed by atoms with Crippen LogP contribution in [0.4, 0.5) is 0 Å². The Balaban J connectivity index is 1.65. The molecular formula is C16H19NS. The van der Waals surface area contributed by atoms with E-state index in [1.807, 2.05) is 0 Å². The summed E-state index contributed by atoms with van der Waals surface area (Å²) in [6, 6.07) is 11.4. The second-order valence-electron chi connectivity index (χ2n) is 5.20. The number of thiophene rings is 1. The highest BCUT2D eigenvalue weighted by molar-refractivity contribution is 7.09. The average Bonchev–Trinajstić information content (AvgIpc) is 2.98. The summed E-state index contributed by atoms with van der Waals surface area (Å²) in [7, 11) is 0. The van der Waals surface area contributed by atoms with Gasteiger partial charge in [-0.2, -0.15) is 0 Å². The van der Waals surface area contributed by atoms with Crippen LogP contribution < -0.4 is 5.73 Å². The Labute approximate surface area is 113 Å². The minimum absolute atomic E-state index is 0.239. The van der Waals surface area contributed by atoms with Crippen molar-refractivity contribution in [1.29, 1.82) is 0 Å². The molecule has 1 atom stereocenters. The first-order valence-electron chi connectivity index (χ1n) is 6.70. The second kappa shape index (κ2) is 5.25. The van der Waals surface area contributed by atoms with Gasteiger partial charge in [-0.25, -0.2) is 0 Å². The van der Waals surface area contributed by atoms with Crippen molar-refractivity contribution in [2.45, 2.75) is 38.1 Å². The molecule has 1 aromatic heterocycles. The standard InChI is InChI=1S/C16H19NS/c17-15(11-16-5-2-8-18-16)10-12-6-7-13-3-1-4-14(13)9-12/h2,5-9,15H,1,3-4,10-11,17H2. The van der Waals surface area contributed by atoms with Crippen LogP contribution >= 0.6 is 11.3 Å². The summed E-state index contributed by atoms with van der Waals surface area (Å²) in [6.07, 6.45) is 5.82. The van der Waals surface area contributed by atoms with Crippen LogP contribution in [0.15, 0.2) is 35.7 Å². The van der Waals surface area contributed by atoms with Gasteiger partial charge in [0.25, 0.3) is 0 Å². The maximum atomic E-state index is 6.25. The van der Waals surface area contributed by atoms with Crippen LogP contribution in [0.3, 0.4) is 0 Å². The van der Waals surface area contributed by atoms with Gasteiger partial charge in [0.05, 0.1) is 0 Å². The predicted octanol–water partition coefficient (Wildman–Crippen LogP) is 3.35. The van der Waals surface area contributed by atoms with Crippen molar-refractivity contribution in [3.8, 4) is 0 Å². The van der Waals surface area contributed by atoms with Crippen LogP contribution in [0.25, 0.3) is 0 Å². The lowest BCUT2D eigenvalue weighted by Gasteiger charge is -2.11. The summed E-state index contributed by atoms with van der Waals surface area (Å²) in [6.45, 7) is 0. The zero-order valence-corrected chi connectivity index (χ0v) is 11.4. The first kappa shape index (κ1) is 11.9. The van der Waals surface area contributed by atoms with E-state index in [-0.39, 0.29) is 6.04 Å². The SMILES string of the molecule is NC(Cc1ccc2c(c1)CCC2)Cc1cccs1. The molecule has 0 bridgehead atoms. The molecule has 1 aliphatic carbocycles. The van der Waals surface area contributed by atoms with Gasteiger partial charge in [0.1, 0.15) is 0 Å². The monoisotopic (exact) mass is 257 g/mol. The van der Waals surface area contributed by atoms with Gasteiger partial charge in [0.2, 0.25) is 0 Å². The summed E-state index contributed by atoms with van der Waals surface area (Å²) in [5.41, 5.74) is 10.7. The summed E-state index contributed by atoms with van der Waals surface area (Å²) >= 11 is 1.80. The molecule has 1 heterocycles. The van der Waals surface area contributed by atoms with E-state index in [2.05, 4.69) is 35.7 Å². The Hall–Kier alpha value is -1.12. The van der Waals surface area contributed by atoms with Gasteiger partial charge in [-0.05, 0) is 60.2 Å². The fraction of sp³-hybridized carbons (Fsp3) is 0.375. The normalized spacial score (nSPS) is 15.6. The van der Waals surface area contributed by atoms with E-state index in [0.717, 1.165) is 12.8 Å². The molecule has 3 rings (SSSR count). The smallest absolute Gasteiger partial charge is 0.0128 e. The predicted molar refractivity (Wildman–Crippen MR) is 78.2 cm³/mol. The lowest BCUT2D eigenvalue weighted by Crippen LogP contribution is -2.25. The Morgan fingerprint density at radius 3 is 2.83 bits per heavy atom. The zero-order valence-electron chi connectivity index (χ0n) is 10.6. The molecule has 2 N–H and O–H groups in total. The number of rotatable bonds is 4. The van der Waals surface area contributed by atoms with Gasteiger partial charge in [-0.3, -0.25) is 0 Å². The third-order valence-electron chi connectivity index (χ3n) is 3.70. The van der Waals surface area contributed by atoms with Crippen LogP contribution in [-0.2, 0) is 25.7 Å². The number of aryl methyl sites for hydroxylation is 2. The van der Waals surface area contributed by atoms with E-state index >= 15 is 0 Å². The van der Waals surface area contributed by atoms with E-state index in [1.54, 1.807) is 22.5 Å². The Morgan fingerprint density at radius 2 is 2.00 bits per heavy atom. The van der Waals surface area contributed by atoms with Crippen molar-refractivity contribution < 1.29 is 0 Å². The second-order valence-corrected chi connectivity index (χ2v) is 6.24. The summed E-state index contributed by atoms with van der Waals surface area (Å²) in [5.74, 6) is 0. The Kier molecular flexibility index (Phi) is 3.48. The van der Waals surface area contributed by atoms with Crippen LogP contribution in [0.5, 0.6) is 0 Å². The van der Waals surface area contributed by atoms with E-state index < -0.39 is 0 Å². The largest absolute Gasteiger partial charge is 0.327 e. The number of benzene rings is 1. The van der Waals surface area contributed by atoms with Crippen molar-refractivity contribution in [3.05, 3.63) is 57.3 Å². The summed E-state index contributed by atoms with van der Waals surface area (Å²) in [4.78, 5) is 1.39. The first-order chi connectivity index (χ1) is 8.81. The van der Waals surface area contributed by atoms with Gasteiger partial charge < -0.3 is 5.73 Å². The molecule has 0 radical (unpaired) electrons.